The Morgan fingerprint density at radius 2 is 1.87 bits per heavy atom. The summed E-state index contributed by atoms with van der Waals surface area (Å²) in [5.74, 6) is 0.897. The van der Waals surface area contributed by atoms with Gasteiger partial charge in [-0.3, -0.25) is 9.36 Å². The molecule has 14 nitrogen and oxygen atoms in total. The number of anilines is 3. The van der Waals surface area contributed by atoms with Crippen molar-refractivity contribution >= 4 is 34.5 Å². The summed E-state index contributed by atoms with van der Waals surface area (Å²) < 4.78 is 13.9. The van der Waals surface area contributed by atoms with E-state index in [1.54, 1.807) is 16.5 Å². The summed E-state index contributed by atoms with van der Waals surface area (Å²) in [6.45, 7) is 2.54. The smallest absolute Gasteiger partial charge is 0.220 e. The fourth-order valence-electron chi connectivity index (χ4n) is 6.20. The van der Waals surface area contributed by atoms with E-state index in [1.165, 1.54) is 6.33 Å². The number of aliphatic hydroxyl groups is 3. The summed E-state index contributed by atoms with van der Waals surface area (Å²) in [4.78, 5) is 28.8. The second-order valence-corrected chi connectivity index (χ2v) is 11.8. The van der Waals surface area contributed by atoms with Crippen LogP contribution in [0.25, 0.3) is 22.3 Å². The highest BCUT2D eigenvalue weighted by molar-refractivity contribution is 5.85. The first-order chi connectivity index (χ1) is 22.3. The van der Waals surface area contributed by atoms with E-state index < -0.39 is 31.1 Å². The molecule has 2 fully saturated rings. The number of nitrogen functional groups attached to an aromatic ring is 1. The zero-order chi connectivity index (χ0) is 32.4. The number of aromatic nitrogens is 4. The van der Waals surface area contributed by atoms with E-state index in [2.05, 4.69) is 14.9 Å². The maximum Gasteiger partial charge on any atom is 0.220 e. The van der Waals surface area contributed by atoms with Crippen molar-refractivity contribution in [3.05, 3.63) is 54.9 Å². The van der Waals surface area contributed by atoms with Crippen LogP contribution in [-0.2, 0) is 9.53 Å². The Bertz CT molecular complexity index is 1660. The molecule has 0 aliphatic carbocycles. The quantitative estimate of drug-likeness (QED) is 0.149. The van der Waals surface area contributed by atoms with E-state index in [1.807, 2.05) is 48.5 Å². The first kappa shape index (κ1) is 31.6. The zero-order valence-electron chi connectivity index (χ0n) is 25.6. The largest absolute Gasteiger partial charge is 0.493 e. The number of hydrogen-bond acceptors (Lipinski definition) is 12. The minimum atomic E-state index is -1.36. The van der Waals surface area contributed by atoms with Crippen molar-refractivity contribution < 1.29 is 29.6 Å². The van der Waals surface area contributed by atoms with Gasteiger partial charge in [-0.1, -0.05) is 30.3 Å². The number of imidazole rings is 1. The number of fused-ring (bicyclic) bond motifs is 1. The lowest BCUT2D eigenvalue weighted by molar-refractivity contribution is -0.123. The highest BCUT2D eigenvalue weighted by Gasteiger charge is 2.45. The number of nitrogens with zero attached hydrogens (tertiary/aromatic N) is 6. The molecular weight excluding hydrogens is 592 g/mol. The highest BCUT2D eigenvalue weighted by atomic mass is 16.6. The molecule has 2 aliphatic rings. The number of rotatable bonds is 11. The van der Waals surface area contributed by atoms with Gasteiger partial charge in [-0.15, -0.1) is 0 Å². The normalized spacial score (nSPS) is 22.3. The molecule has 0 unspecified atom stereocenters. The Kier molecular flexibility index (Phi) is 9.33. The molecule has 46 heavy (non-hydrogen) atoms. The van der Waals surface area contributed by atoms with Crippen molar-refractivity contribution in [3.8, 4) is 16.9 Å². The lowest BCUT2D eigenvalue weighted by atomic mass is 9.96. The van der Waals surface area contributed by atoms with Crippen LogP contribution in [0.4, 0.5) is 17.5 Å². The molecule has 2 saturated heterocycles. The summed E-state index contributed by atoms with van der Waals surface area (Å²) in [5, 5.41) is 31.2. The summed E-state index contributed by atoms with van der Waals surface area (Å²) in [7, 11) is 1.81. The summed E-state index contributed by atoms with van der Waals surface area (Å²) in [5.41, 5.74) is 14.9. The fourth-order valence-corrected chi connectivity index (χ4v) is 6.20. The van der Waals surface area contributed by atoms with E-state index in [4.69, 9.17) is 25.9 Å². The molecule has 1 amide bonds. The van der Waals surface area contributed by atoms with Crippen LogP contribution in [0, 0.1) is 5.92 Å². The number of carbonyl (C=O) groups is 1. The van der Waals surface area contributed by atoms with Gasteiger partial charge in [0.25, 0.3) is 0 Å². The molecule has 7 N–H and O–H groups in total. The van der Waals surface area contributed by atoms with Crippen molar-refractivity contribution in [1.82, 2.24) is 24.4 Å². The molecular formula is C32H40N8O6. The van der Waals surface area contributed by atoms with Crippen LogP contribution < -0.4 is 21.1 Å². The molecule has 0 saturated carbocycles. The minimum Gasteiger partial charge on any atom is -0.493 e. The average molecular weight is 633 g/mol. The van der Waals surface area contributed by atoms with Crippen molar-refractivity contribution in [2.75, 3.05) is 50.5 Å². The Balaban J connectivity index is 1.28. The van der Waals surface area contributed by atoms with E-state index in [0.29, 0.717) is 29.5 Å². The number of piperidine rings is 1. The SMILES string of the molecule is CN(c1ccc(-c2ccccc2)c(OCCCN2CCC(C(N)=O)CC2)c1)c1nc2c(N)ncnc2n1[C@@H]1O[C@H](CO)[C@@H](O)[C@H]1O. The van der Waals surface area contributed by atoms with Gasteiger partial charge in [0.05, 0.1) is 13.2 Å². The topological polar surface area (TPSA) is 198 Å². The number of ether oxygens (including phenoxy) is 2. The lowest BCUT2D eigenvalue weighted by Gasteiger charge is -2.30. The molecule has 4 heterocycles. The second kappa shape index (κ2) is 13.6. The number of primary amides is 1. The van der Waals surface area contributed by atoms with Crippen molar-refractivity contribution in [1.29, 1.82) is 0 Å². The predicted molar refractivity (Wildman–Crippen MR) is 171 cm³/mol. The fraction of sp³-hybridized carbons (Fsp3) is 0.438. The number of likely N-dealkylation sites (tertiary alicyclic amines) is 1. The van der Waals surface area contributed by atoms with Gasteiger partial charge in [-0.05, 0) is 50.0 Å². The molecule has 2 aromatic heterocycles. The number of benzene rings is 2. The molecule has 0 radical (unpaired) electrons. The molecule has 2 aromatic carbocycles. The molecule has 6 rings (SSSR count). The van der Waals surface area contributed by atoms with Crippen LogP contribution >= 0.6 is 0 Å². The van der Waals surface area contributed by atoms with Crippen LogP contribution in [0.15, 0.2) is 54.9 Å². The molecule has 0 spiro atoms. The maximum atomic E-state index is 11.5. The van der Waals surface area contributed by atoms with Crippen LogP contribution in [0.5, 0.6) is 5.75 Å². The zero-order valence-corrected chi connectivity index (χ0v) is 25.6. The number of amides is 1. The second-order valence-electron chi connectivity index (χ2n) is 11.8. The van der Waals surface area contributed by atoms with Crippen LogP contribution in [0.1, 0.15) is 25.5 Å². The van der Waals surface area contributed by atoms with Crippen LogP contribution in [-0.4, -0.2) is 104 Å². The molecule has 244 valence electrons. The summed E-state index contributed by atoms with van der Waals surface area (Å²) in [6, 6.07) is 15.8. The first-order valence-electron chi connectivity index (χ1n) is 15.4. The number of nitrogens with two attached hydrogens (primary N) is 2. The minimum absolute atomic E-state index is 0.0398. The van der Waals surface area contributed by atoms with E-state index >= 15 is 0 Å². The maximum absolute atomic E-state index is 11.5. The van der Waals surface area contributed by atoms with Gasteiger partial charge in [0, 0.05) is 36.8 Å². The van der Waals surface area contributed by atoms with Gasteiger partial charge in [0.1, 0.15) is 30.4 Å². The van der Waals surface area contributed by atoms with Gasteiger partial charge in [-0.2, -0.15) is 0 Å². The molecule has 0 bridgehead atoms. The van der Waals surface area contributed by atoms with Gasteiger partial charge in [-0.25, -0.2) is 15.0 Å². The third-order valence-electron chi connectivity index (χ3n) is 8.86. The number of aliphatic hydroxyl groups excluding tert-OH is 3. The summed E-state index contributed by atoms with van der Waals surface area (Å²) >= 11 is 0. The Morgan fingerprint density at radius 1 is 1.11 bits per heavy atom. The molecule has 4 aromatic rings. The number of hydrogen-bond donors (Lipinski definition) is 5. The van der Waals surface area contributed by atoms with E-state index in [0.717, 1.165) is 55.7 Å². The third-order valence-corrected chi connectivity index (χ3v) is 8.86. The van der Waals surface area contributed by atoms with Gasteiger partial charge < -0.3 is 46.1 Å². The van der Waals surface area contributed by atoms with Gasteiger partial charge in [0.15, 0.2) is 23.2 Å². The van der Waals surface area contributed by atoms with Crippen molar-refractivity contribution in [2.24, 2.45) is 11.7 Å². The molecule has 2 aliphatic heterocycles. The molecule has 4 atom stereocenters. The first-order valence-corrected chi connectivity index (χ1v) is 15.4. The predicted octanol–water partition coefficient (Wildman–Crippen LogP) is 1.42. The van der Waals surface area contributed by atoms with Crippen LogP contribution in [0.3, 0.4) is 0 Å². The highest BCUT2D eigenvalue weighted by Crippen LogP contribution is 2.40. The number of carbonyl (C=O) groups excluding carboxylic acids is 1. The van der Waals surface area contributed by atoms with E-state index in [-0.39, 0.29) is 17.6 Å². The van der Waals surface area contributed by atoms with Crippen LogP contribution in [0.2, 0.25) is 0 Å². The van der Waals surface area contributed by atoms with Gasteiger partial charge >= 0.3 is 0 Å². The Morgan fingerprint density at radius 3 is 2.57 bits per heavy atom. The summed E-state index contributed by atoms with van der Waals surface area (Å²) in [6.07, 6.45) is -1.11. The average Bonchev–Trinajstić information content (AvgIpc) is 3.60. The standard InChI is InChI=1S/C32H40N8O6/c1-38(32-37-25-28(33)35-18-36-30(25)40(32)31-27(43)26(42)24(17-41)46-31)21-8-9-22(19-6-3-2-4-7-19)23(16-21)45-15-5-12-39-13-10-20(11-14-39)29(34)44/h2-4,6-9,16,18,20,24,26-27,31,41-43H,5,10-15,17H2,1H3,(H2,34,44)(H2,33,35,36)/t24-,26-,27-,31-/m1/s1. The van der Waals surface area contributed by atoms with Crippen molar-refractivity contribution in [2.45, 2.75) is 43.8 Å². The Labute approximate surface area is 266 Å². The lowest BCUT2D eigenvalue weighted by Crippen LogP contribution is -2.39. The molecule has 14 heteroatoms. The Hall–Kier alpha value is -4.34. The van der Waals surface area contributed by atoms with E-state index in [9.17, 15) is 20.1 Å². The monoisotopic (exact) mass is 632 g/mol. The van der Waals surface area contributed by atoms with Gasteiger partial charge in [0.2, 0.25) is 11.9 Å². The van der Waals surface area contributed by atoms with Crippen molar-refractivity contribution in [3.63, 3.8) is 0 Å². The third kappa shape index (κ3) is 6.22.